The Kier molecular flexibility index (Phi) is 7.65. The summed E-state index contributed by atoms with van der Waals surface area (Å²) >= 11 is 0. The van der Waals surface area contributed by atoms with Crippen LogP contribution in [0.1, 0.15) is 43.5 Å². The number of benzene rings is 1. The number of hydrogen-bond donors (Lipinski definition) is 1. The highest BCUT2D eigenvalue weighted by Crippen LogP contribution is 2.29. The number of nitrogens with one attached hydrogen (secondary N) is 1. The van der Waals surface area contributed by atoms with Crippen molar-refractivity contribution in [2.45, 2.75) is 44.0 Å². The van der Waals surface area contributed by atoms with Crippen LogP contribution in [0.15, 0.2) is 23.1 Å². The van der Waals surface area contributed by atoms with Crippen LogP contribution in [0.3, 0.4) is 0 Å². The van der Waals surface area contributed by atoms with Gasteiger partial charge in [-0.1, -0.05) is 26.7 Å². The van der Waals surface area contributed by atoms with E-state index in [9.17, 15) is 18.0 Å². The average molecular weight is 427 g/mol. The van der Waals surface area contributed by atoms with E-state index in [-0.39, 0.29) is 28.2 Å². The van der Waals surface area contributed by atoms with E-state index in [1.54, 1.807) is 0 Å². The smallest absolute Gasteiger partial charge is 0.338 e. The van der Waals surface area contributed by atoms with Gasteiger partial charge in [-0.15, -0.1) is 0 Å². The van der Waals surface area contributed by atoms with Crippen molar-refractivity contribution < 1.29 is 27.5 Å². The Morgan fingerprint density at radius 1 is 1.21 bits per heavy atom. The second-order valence-electron chi connectivity index (χ2n) is 7.67. The first-order chi connectivity index (χ1) is 13.6. The van der Waals surface area contributed by atoms with Crippen LogP contribution in [0.25, 0.3) is 0 Å². The van der Waals surface area contributed by atoms with Gasteiger partial charge >= 0.3 is 5.97 Å². The van der Waals surface area contributed by atoms with Gasteiger partial charge in [-0.25, -0.2) is 17.5 Å². The van der Waals surface area contributed by atoms with Gasteiger partial charge < -0.3 is 14.8 Å². The summed E-state index contributed by atoms with van der Waals surface area (Å²) in [5.41, 5.74) is 0.0266. The molecule has 0 aromatic heterocycles. The number of esters is 1. The molecule has 0 radical (unpaired) electrons. The van der Waals surface area contributed by atoms with Crippen molar-refractivity contribution in [2.75, 3.05) is 27.8 Å². The zero-order chi connectivity index (χ0) is 21.8. The van der Waals surface area contributed by atoms with Gasteiger partial charge in [-0.2, -0.15) is 0 Å². The zero-order valence-electron chi connectivity index (χ0n) is 17.6. The molecular weight excluding hydrogens is 396 g/mol. The van der Waals surface area contributed by atoms with E-state index in [1.807, 2.05) is 0 Å². The van der Waals surface area contributed by atoms with Crippen LogP contribution in [0.5, 0.6) is 5.75 Å². The lowest BCUT2D eigenvalue weighted by molar-refractivity contribution is -0.125. The van der Waals surface area contributed by atoms with Gasteiger partial charge in [0.25, 0.3) is 5.91 Å². The summed E-state index contributed by atoms with van der Waals surface area (Å²) in [6, 6.07) is 4.05. The van der Waals surface area contributed by atoms with Crippen molar-refractivity contribution in [3.05, 3.63) is 23.8 Å². The fraction of sp³-hybridized carbons (Fsp3) is 0.600. The van der Waals surface area contributed by atoms with Crippen LogP contribution >= 0.6 is 0 Å². The molecule has 1 aliphatic carbocycles. The summed E-state index contributed by atoms with van der Waals surface area (Å²) in [5, 5.41) is 2.94. The largest absolute Gasteiger partial charge is 0.495 e. The molecule has 29 heavy (non-hydrogen) atoms. The van der Waals surface area contributed by atoms with Gasteiger partial charge in [0.15, 0.2) is 6.61 Å². The second kappa shape index (κ2) is 9.58. The van der Waals surface area contributed by atoms with Gasteiger partial charge in [0, 0.05) is 20.1 Å². The number of carbonyl (C=O) groups is 2. The van der Waals surface area contributed by atoms with Crippen LogP contribution in [-0.2, 0) is 19.6 Å². The van der Waals surface area contributed by atoms with Crippen LogP contribution in [0.2, 0.25) is 0 Å². The third-order valence-electron chi connectivity index (χ3n) is 5.55. The molecular formula is C20H30N2O6S. The molecule has 9 heteroatoms. The summed E-state index contributed by atoms with van der Waals surface area (Å²) < 4.78 is 36.1. The molecule has 0 bridgehead atoms. The molecule has 0 aliphatic heterocycles. The van der Waals surface area contributed by atoms with Gasteiger partial charge in [0.05, 0.1) is 12.7 Å². The molecule has 1 N–H and O–H groups in total. The third-order valence-corrected chi connectivity index (χ3v) is 7.38. The highest BCUT2D eigenvalue weighted by molar-refractivity contribution is 7.89. The quantitative estimate of drug-likeness (QED) is 0.670. The number of hydrogen-bond acceptors (Lipinski definition) is 6. The molecule has 162 valence electrons. The predicted octanol–water partition coefficient (Wildman–Crippen LogP) is 2.04. The number of ether oxygens (including phenoxy) is 2. The number of sulfonamides is 1. The number of rotatable bonds is 7. The van der Waals surface area contributed by atoms with Gasteiger partial charge in [0.2, 0.25) is 10.0 Å². The lowest BCUT2D eigenvalue weighted by Gasteiger charge is -2.34. The molecule has 0 heterocycles. The molecule has 2 rings (SSSR count). The molecule has 0 unspecified atom stereocenters. The van der Waals surface area contributed by atoms with E-state index < -0.39 is 22.6 Å². The molecule has 0 spiro atoms. The van der Waals surface area contributed by atoms with E-state index in [1.165, 1.54) is 39.4 Å². The second-order valence-corrected chi connectivity index (χ2v) is 9.79. The SMILES string of the molecule is COc1ccc(C(=O)OCC(=O)N[C@H]2CCC[C@@H](C)[C@H]2C)cc1S(=O)(=O)N(C)C. The minimum Gasteiger partial charge on any atom is -0.495 e. The fourth-order valence-electron chi connectivity index (χ4n) is 3.45. The maximum absolute atomic E-state index is 12.5. The van der Waals surface area contributed by atoms with Crippen molar-refractivity contribution in [2.24, 2.45) is 11.8 Å². The third kappa shape index (κ3) is 5.48. The summed E-state index contributed by atoms with van der Waals surface area (Å²) in [6.07, 6.45) is 3.12. The molecule has 1 aromatic carbocycles. The molecule has 1 saturated carbocycles. The first kappa shape index (κ1) is 23.2. The Balaban J connectivity index is 2.04. The van der Waals surface area contributed by atoms with Crippen LogP contribution < -0.4 is 10.1 Å². The van der Waals surface area contributed by atoms with E-state index in [2.05, 4.69) is 19.2 Å². The van der Waals surface area contributed by atoms with Crippen LogP contribution in [-0.4, -0.2) is 58.5 Å². The number of nitrogens with zero attached hydrogens (tertiary/aromatic N) is 1. The molecule has 1 aliphatic rings. The van der Waals surface area contributed by atoms with Crippen molar-refractivity contribution >= 4 is 21.9 Å². The predicted molar refractivity (Wildman–Crippen MR) is 108 cm³/mol. The molecule has 8 nitrogen and oxygen atoms in total. The van der Waals surface area contributed by atoms with E-state index in [0.717, 1.165) is 23.6 Å². The van der Waals surface area contributed by atoms with Crippen LogP contribution in [0, 0.1) is 11.8 Å². The molecule has 1 fully saturated rings. The lowest BCUT2D eigenvalue weighted by atomic mass is 9.78. The Hall–Kier alpha value is -2.13. The van der Waals surface area contributed by atoms with Gasteiger partial charge in [-0.05, 0) is 36.5 Å². The first-order valence-corrected chi connectivity index (χ1v) is 11.1. The summed E-state index contributed by atoms with van der Waals surface area (Å²) in [6.45, 7) is 3.87. The monoisotopic (exact) mass is 426 g/mol. The number of amides is 1. The Morgan fingerprint density at radius 2 is 1.90 bits per heavy atom. The van der Waals surface area contributed by atoms with E-state index in [4.69, 9.17) is 9.47 Å². The topological polar surface area (TPSA) is 102 Å². The van der Waals surface area contributed by atoms with Crippen molar-refractivity contribution in [3.63, 3.8) is 0 Å². The normalized spacial score (nSPS) is 22.2. The molecule has 3 atom stereocenters. The van der Waals surface area contributed by atoms with Crippen molar-refractivity contribution in [1.29, 1.82) is 0 Å². The number of methoxy groups -OCH3 is 1. The van der Waals surface area contributed by atoms with Crippen LogP contribution in [0.4, 0.5) is 0 Å². The molecule has 1 amide bonds. The van der Waals surface area contributed by atoms with E-state index >= 15 is 0 Å². The fourth-order valence-corrected chi connectivity index (χ4v) is 4.53. The Bertz CT molecular complexity index is 853. The van der Waals surface area contributed by atoms with Gasteiger partial charge in [0.1, 0.15) is 10.6 Å². The standard InChI is InChI=1S/C20H30N2O6S/c1-13-7-6-8-16(14(13)2)21-19(23)12-28-20(24)15-9-10-17(27-5)18(11-15)29(25,26)22(3)4/h9-11,13-14,16H,6-8,12H2,1-5H3,(H,21,23)/t13-,14-,16+/m1/s1. The van der Waals surface area contributed by atoms with Gasteiger partial charge in [-0.3, -0.25) is 4.79 Å². The minimum absolute atomic E-state index is 0.0266. The highest BCUT2D eigenvalue weighted by atomic mass is 32.2. The molecule has 1 aromatic rings. The number of carbonyl (C=O) groups excluding carboxylic acids is 2. The summed E-state index contributed by atoms with van der Waals surface area (Å²) in [5.74, 6) is -0.118. The first-order valence-electron chi connectivity index (χ1n) is 9.65. The minimum atomic E-state index is -3.82. The van der Waals surface area contributed by atoms with Crippen molar-refractivity contribution in [1.82, 2.24) is 9.62 Å². The summed E-state index contributed by atoms with van der Waals surface area (Å²) in [7, 11) is 0.303. The maximum atomic E-state index is 12.5. The molecule has 0 saturated heterocycles. The van der Waals surface area contributed by atoms with E-state index in [0.29, 0.717) is 11.8 Å². The lowest BCUT2D eigenvalue weighted by Crippen LogP contribution is -2.45. The Morgan fingerprint density at radius 3 is 2.52 bits per heavy atom. The Labute approximate surface area is 172 Å². The summed E-state index contributed by atoms with van der Waals surface area (Å²) in [4.78, 5) is 24.4. The zero-order valence-corrected chi connectivity index (χ0v) is 18.4. The maximum Gasteiger partial charge on any atom is 0.338 e. The highest BCUT2D eigenvalue weighted by Gasteiger charge is 2.28. The average Bonchev–Trinajstić information content (AvgIpc) is 2.69. The van der Waals surface area contributed by atoms with Crippen molar-refractivity contribution in [3.8, 4) is 5.75 Å².